The number of esters is 1. The van der Waals surface area contributed by atoms with Crippen LogP contribution in [0.25, 0.3) is 44.1 Å². The van der Waals surface area contributed by atoms with Crippen LogP contribution in [0, 0.1) is 13.8 Å². The van der Waals surface area contributed by atoms with Crippen molar-refractivity contribution in [3.8, 4) is 17.1 Å². The number of hydrogen-bond acceptors (Lipinski definition) is 10. The zero-order valence-corrected chi connectivity index (χ0v) is 30.0. The third kappa shape index (κ3) is 5.80. The molecule has 0 aliphatic carbocycles. The van der Waals surface area contributed by atoms with Crippen molar-refractivity contribution in [1.29, 1.82) is 0 Å². The standard InChI is InChI=1S/C38H32N4O8S2/c1-22-9-13-26(14-10-22)51(45,46)42(52(47,48)27-15-11-23(2)12-16-27)33-20-31-24(18-34(33)49-3)17-25(21-43)35(40-31)37-36-29(19-32(41-37)38(44)50-4)28-7-5-6-8-30(28)39-36/h5-20,39,43H,21H2,1-4H3. The number of methoxy groups -OCH3 is 2. The molecule has 0 radical (unpaired) electrons. The molecule has 12 nitrogen and oxygen atoms in total. The first-order valence-electron chi connectivity index (χ1n) is 15.9. The van der Waals surface area contributed by atoms with Crippen molar-refractivity contribution in [1.82, 2.24) is 15.0 Å². The second kappa shape index (κ2) is 13.1. The number of fused-ring (bicyclic) bond motifs is 4. The average Bonchev–Trinajstić information content (AvgIpc) is 3.52. The fourth-order valence-electron chi connectivity index (χ4n) is 6.09. The van der Waals surface area contributed by atoms with E-state index >= 15 is 0 Å². The maximum Gasteiger partial charge on any atom is 0.356 e. The monoisotopic (exact) mass is 736 g/mol. The van der Waals surface area contributed by atoms with E-state index < -0.39 is 32.6 Å². The molecule has 0 atom stereocenters. The van der Waals surface area contributed by atoms with Crippen molar-refractivity contribution in [2.75, 3.05) is 17.9 Å². The Bertz CT molecular complexity index is 2690. The first kappa shape index (κ1) is 34.6. The van der Waals surface area contributed by atoms with Gasteiger partial charge in [0, 0.05) is 27.2 Å². The number of para-hydroxylation sites is 1. The lowest BCUT2D eigenvalue weighted by atomic mass is 10.0. The van der Waals surface area contributed by atoms with E-state index in [0.29, 0.717) is 25.6 Å². The number of anilines is 1. The zero-order valence-electron chi connectivity index (χ0n) is 28.4. The molecule has 0 unspecified atom stereocenters. The number of aromatic amines is 1. The molecule has 3 heterocycles. The molecule has 7 rings (SSSR count). The van der Waals surface area contributed by atoms with Gasteiger partial charge in [0.15, 0.2) is 0 Å². The summed E-state index contributed by atoms with van der Waals surface area (Å²) in [5.41, 5.74) is 3.38. The van der Waals surface area contributed by atoms with Crippen molar-refractivity contribution < 1.29 is 36.2 Å². The molecule has 0 bridgehead atoms. The van der Waals surface area contributed by atoms with E-state index in [2.05, 4.69) is 9.97 Å². The number of nitrogens with zero attached hydrogens (tertiary/aromatic N) is 3. The van der Waals surface area contributed by atoms with Crippen LogP contribution in [-0.4, -0.2) is 57.1 Å². The number of nitrogens with one attached hydrogen (secondary N) is 1. The molecule has 264 valence electrons. The van der Waals surface area contributed by atoms with E-state index in [0.717, 1.165) is 22.0 Å². The van der Waals surface area contributed by atoms with Crippen LogP contribution in [0.2, 0.25) is 0 Å². The Kier molecular flexibility index (Phi) is 8.69. The summed E-state index contributed by atoms with van der Waals surface area (Å²) < 4.78 is 68.9. The first-order chi connectivity index (χ1) is 24.9. The molecule has 14 heteroatoms. The quantitative estimate of drug-likeness (QED) is 0.158. The molecule has 4 aromatic carbocycles. The number of sulfonamides is 2. The molecule has 3 aromatic heterocycles. The number of carbonyl (C=O) groups excluding carboxylic acids is 1. The van der Waals surface area contributed by atoms with E-state index in [9.17, 15) is 26.7 Å². The maximum absolute atomic E-state index is 14.5. The van der Waals surface area contributed by atoms with Gasteiger partial charge in [0.2, 0.25) is 0 Å². The number of aliphatic hydroxyl groups is 1. The van der Waals surface area contributed by atoms with Crippen molar-refractivity contribution in [2.24, 2.45) is 0 Å². The number of benzene rings is 4. The number of hydrogen-bond donors (Lipinski definition) is 2. The van der Waals surface area contributed by atoms with E-state index in [1.54, 1.807) is 50.2 Å². The molecule has 0 amide bonds. The number of pyridine rings is 2. The van der Waals surface area contributed by atoms with Crippen LogP contribution in [0.5, 0.6) is 5.75 Å². The smallest absolute Gasteiger partial charge is 0.356 e. The van der Waals surface area contributed by atoms with Crippen LogP contribution in [0.1, 0.15) is 27.2 Å². The normalized spacial score (nSPS) is 12.0. The van der Waals surface area contributed by atoms with Gasteiger partial charge >= 0.3 is 5.97 Å². The molecule has 0 aliphatic rings. The SMILES string of the molecule is COC(=O)c1cc2c([nH]c3ccccc32)c(-c2nc3cc(N(S(=O)(=O)c4ccc(C)cc4)S(=O)(=O)c4ccc(C)cc4)c(OC)cc3cc2CO)n1. The predicted octanol–water partition coefficient (Wildman–Crippen LogP) is 6.42. The van der Waals surface area contributed by atoms with Crippen LogP contribution in [0.15, 0.2) is 107 Å². The van der Waals surface area contributed by atoms with Gasteiger partial charge < -0.3 is 19.6 Å². The van der Waals surface area contributed by atoms with E-state index in [1.165, 1.54) is 50.6 Å². The summed E-state index contributed by atoms with van der Waals surface area (Å²) in [5, 5.41) is 12.5. The third-order valence-electron chi connectivity index (χ3n) is 8.75. The maximum atomic E-state index is 14.5. The van der Waals surface area contributed by atoms with Crippen LogP contribution in [0.4, 0.5) is 5.69 Å². The second-order valence-corrected chi connectivity index (χ2v) is 15.9. The fraction of sp³-hybridized carbons (Fsp3) is 0.132. The Balaban J connectivity index is 1.53. The van der Waals surface area contributed by atoms with Crippen LogP contribution in [-0.2, 0) is 31.4 Å². The Morgan fingerprint density at radius 1 is 0.769 bits per heavy atom. The van der Waals surface area contributed by atoms with Crippen molar-refractivity contribution in [3.05, 3.63) is 119 Å². The van der Waals surface area contributed by atoms with Gasteiger partial charge in [-0.3, -0.25) is 0 Å². The molecule has 0 spiro atoms. The minimum absolute atomic E-state index is 0.00415. The van der Waals surface area contributed by atoms with Gasteiger partial charge in [-0.15, -0.1) is 0 Å². The topological polar surface area (TPSA) is 169 Å². The average molecular weight is 737 g/mol. The second-order valence-electron chi connectivity index (χ2n) is 12.1. The Hall–Kier alpha value is -5.83. The summed E-state index contributed by atoms with van der Waals surface area (Å²) in [7, 11) is -7.05. The number of rotatable bonds is 9. The molecule has 0 saturated heterocycles. The van der Waals surface area contributed by atoms with Gasteiger partial charge in [-0.2, -0.15) is 3.71 Å². The Morgan fingerprint density at radius 3 is 1.96 bits per heavy atom. The molecular formula is C38H32N4O8S2. The highest BCUT2D eigenvalue weighted by molar-refractivity contribution is 8.10. The number of ether oxygens (including phenoxy) is 2. The molecule has 2 N–H and O–H groups in total. The van der Waals surface area contributed by atoms with Gasteiger partial charge in [-0.05, 0) is 68.4 Å². The predicted molar refractivity (Wildman–Crippen MR) is 197 cm³/mol. The van der Waals surface area contributed by atoms with Crippen LogP contribution < -0.4 is 8.45 Å². The highest BCUT2D eigenvalue weighted by Gasteiger charge is 2.39. The molecule has 0 saturated carbocycles. The number of aryl methyl sites for hydroxylation is 2. The first-order valence-corrected chi connectivity index (χ1v) is 18.8. The largest absolute Gasteiger partial charge is 0.494 e. The summed E-state index contributed by atoms with van der Waals surface area (Å²) in [6, 6.07) is 25.1. The summed E-state index contributed by atoms with van der Waals surface area (Å²) in [6.45, 7) is 3.09. The summed E-state index contributed by atoms with van der Waals surface area (Å²) in [5.74, 6) is -0.772. The van der Waals surface area contributed by atoms with E-state index in [-0.39, 0.29) is 43.8 Å². The fourth-order valence-corrected chi connectivity index (χ4v) is 9.79. The molecular weight excluding hydrogens is 705 g/mol. The summed E-state index contributed by atoms with van der Waals surface area (Å²) in [4.78, 5) is 25.1. The van der Waals surface area contributed by atoms with Crippen molar-refractivity contribution in [2.45, 2.75) is 30.2 Å². The number of aromatic nitrogens is 3. The van der Waals surface area contributed by atoms with Crippen LogP contribution >= 0.6 is 0 Å². The minimum atomic E-state index is -4.80. The molecule has 7 aromatic rings. The van der Waals surface area contributed by atoms with Gasteiger partial charge in [0.05, 0.1) is 47.3 Å². The summed E-state index contributed by atoms with van der Waals surface area (Å²) >= 11 is 0. The van der Waals surface area contributed by atoms with E-state index in [4.69, 9.17) is 14.5 Å². The van der Waals surface area contributed by atoms with Gasteiger partial charge in [-0.1, -0.05) is 53.6 Å². The molecule has 0 aliphatic heterocycles. The van der Waals surface area contributed by atoms with Gasteiger partial charge in [0.25, 0.3) is 20.0 Å². The van der Waals surface area contributed by atoms with Crippen LogP contribution in [0.3, 0.4) is 0 Å². The van der Waals surface area contributed by atoms with Gasteiger partial charge in [0.1, 0.15) is 22.8 Å². The summed E-state index contributed by atoms with van der Waals surface area (Å²) in [6.07, 6.45) is 0. The lowest BCUT2D eigenvalue weighted by Crippen LogP contribution is -2.37. The number of carbonyl (C=O) groups is 1. The Labute approximate surface area is 299 Å². The Morgan fingerprint density at radius 2 is 1.38 bits per heavy atom. The van der Waals surface area contributed by atoms with Gasteiger partial charge in [-0.25, -0.2) is 31.6 Å². The van der Waals surface area contributed by atoms with Crippen molar-refractivity contribution in [3.63, 3.8) is 0 Å². The van der Waals surface area contributed by atoms with E-state index in [1.807, 2.05) is 24.3 Å². The zero-order chi connectivity index (χ0) is 36.9. The molecule has 52 heavy (non-hydrogen) atoms. The highest BCUT2D eigenvalue weighted by atomic mass is 32.3. The lowest BCUT2D eigenvalue weighted by molar-refractivity contribution is 0.0594. The minimum Gasteiger partial charge on any atom is -0.494 e. The highest BCUT2D eigenvalue weighted by Crippen LogP contribution is 2.41. The van der Waals surface area contributed by atoms with Crippen molar-refractivity contribution >= 4 is 64.4 Å². The number of aliphatic hydroxyl groups excluding tert-OH is 1. The number of H-pyrrole nitrogens is 1. The lowest BCUT2D eigenvalue weighted by Gasteiger charge is -2.26. The third-order valence-corrected chi connectivity index (χ3v) is 12.9. The molecule has 0 fully saturated rings.